The van der Waals surface area contributed by atoms with Gasteiger partial charge in [-0.25, -0.2) is 0 Å². The first-order valence-corrected chi connectivity index (χ1v) is 9.74. The fraction of sp³-hybridized carbons (Fsp3) is 0.500. The molecule has 3 N–H and O–H groups in total. The molecular weight excluding hydrogens is 350 g/mol. The topological polar surface area (TPSA) is 70.2 Å². The number of carbonyl (C=O) groups is 2. The minimum atomic E-state index is -0.0714. The third kappa shape index (κ3) is 7.08. The second kappa shape index (κ2) is 10.9. The van der Waals surface area contributed by atoms with E-state index in [1.807, 2.05) is 6.92 Å². The summed E-state index contributed by atoms with van der Waals surface area (Å²) >= 11 is 6.17. The van der Waals surface area contributed by atoms with Gasteiger partial charge in [-0.3, -0.25) is 9.59 Å². The van der Waals surface area contributed by atoms with Crippen LogP contribution in [-0.2, 0) is 9.59 Å². The smallest absolute Gasteiger partial charge is 0.239 e. The minimum absolute atomic E-state index is 0.0319. The van der Waals surface area contributed by atoms with Gasteiger partial charge in [0.05, 0.1) is 17.3 Å². The summed E-state index contributed by atoms with van der Waals surface area (Å²) in [5.41, 5.74) is 2.74. The number of nitrogens with one attached hydrogen (secondary N) is 3. The van der Waals surface area contributed by atoms with Gasteiger partial charge in [-0.1, -0.05) is 30.2 Å². The lowest BCUT2D eigenvalue weighted by atomic mass is 9.97. The molecule has 0 radical (unpaired) electrons. The van der Waals surface area contributed by atoms with Crippen molar-refractivity contribution >= 4 is 34.8 Å². The molecule has 2 rings (SSSR count). The SMILES string of the molecule is CCCC(=O)Nc1ccc(Cl)c(NCC(=O)NCCC2=CCCCC2)c1. The molecule has 1 aromatic rings. The monoisotopic (exact) mass is 377 g/mol. The maximum absolute atomic E-state index is 12.0. The van der Waals surface area contributed by atoms with Crippen molar-refractivity contribution in [3.63, 3.8) is 0 Å². The summed E-state index contributed by atoms with van der Waals surface area (Å²) in [4.78, 5) is 23.7. The molecule has 1 aromatic carbocycles. The Morgan fingerprint density at radius 3 is 2.77 bits per heavy atom. The molecule has 5 nitrogen and oxygen atoms in total. The van der Waals surface area contributed by atoms with Crippen molar-refractivity contribution in [1.29, 1.82) is 0 Å². The molecule has 0 aliphatic heterocycles. The van der Waals surface area contributed by atoms with Crippen LogP contribution in [0.15, 0.2) is 29.8 Å². The number of rotatable bonds is 9. The number of halogens is 1. The van der Waals surface area contributed by atoms with Crippen molar-refractivity contribution in [2.45, 2.75) is 51.9 Å². The van der Waals surface area contributed by atoms with Gasteiger partial charge >= 0.3 is 0 Å². The van der Waals surface area contributed by atoms with Gasteiger partial charge in [-0.05, 0) is 56.7 Å². The molecule has 142 valence electrons. The number of hydrogen-bond donors (Lipinski definition) is 3. The van der Waals surface area contributed by atoms with Crippen molar-refractivity contribution in [3.8, 4) is 0 Å². The zero-order chi connectivity index (χ0) is 18.8. The third-order valence-electron chi connectivity index (χ3n) is 4.32. The highest BCUT2D eigenvalue weighted by molar-refractivity contribution is 6.33. The fourth-order valence-electron chi connectivity index (χ4n) is 2.92. The van der Waals surface area contributed by atoms with E-state index in [0.717, 1.165) is 25.7 Å². The molecule has 0 saturated carbocycles. The molecule has 0 aromatic heterocycles. The zero-order valence-electron chi connectivity index (χ0n) is 15.4. The van der Waals surface area contributed by atoms with Gasteiger partial charge in [0, 0.05) is 18.7 Å². The van der Waals surface area contributed by atoms with Crippen LogP contribution >= 0.6 is 11.6 Å². The van der Waals surface area contributed by atoms with Crippen LogP contribution in [0.2, 0.25) is 5.02 Å². The summed E-state index contributed by atoms with van der Waals surface area (Å²) in [5.74, 6) is -0.103. The molecule has 0 heterocycles. The lowest BCUT2D eigenvalue weighted by Crippen LogP contribution is -2.30. The number of benzene rings is 1. The van der Waals surface area contributed by atoms with Crippen molar-refractivity contribution in [3.05, 3.63) is 34.9 Å². The number of carbonyl (C=O) groups excluding carboxylic acids is 2. The predicted molar refractivity (Wildman–Crippen MR) is 108 cm³/mol. The molecular formula is C20H28ClN3O2. The summed E-state index contributed by atoms with van der Waals surface area (Å²) in [6.45, 7) is 2.76. The molecule has 0 saturated heterocycles. The Morgan fingerprint density at radius 1 is 1.19 bits per heavy atom. The molecule has 0 atom stereocenters. The van der Waals surface area contributed by atoms with E-state index < -0.39 is 0 Å². The quantitative estimate of drug-likeness (QED) is 0.555. The summed E-state index contributed by atoms with van der Waals surface area (Å²) in [6.07, 6.45) is 9.33. The average molecular weight is 378 g/mol. The highest BCUT2D eigenvalue weighted by Crippen LogP contribution is 2.25. The Hall–Kier alpha value is -2.01. The molecule has 0 fully saturated rings. The van der Waals surface area contributed by atoms with E-state index in [9.17, 15) is 9.59 Å². The van der Waals surface area contributed by atoms with E-state index in [1.165, 1.54) is 18.4 Å². The second-order valence-electron chi connectivity index (χ2n) is 6.55. The zero-order valence-corrected chi connectivity index (χ0v) is 16.1. The lowest BCUT2D eigenvalue weighted by Gasteiger charge is -2.14. The van der Waals surface area contributed by atoms with Crippen LogP contribution < -0.4 is 16.0 Å². The number of hydrogen-bond acceptors (Lipinski definition) is 3. The van der Waals surface area contributed by atoms with Gasteiger partial charge in [-0.2, -0.15) is 0 Å². The van der Waals surface area contributed by atoms with Crippen LogP contribution in [0.5, 0.6) is 0 Å². The van der Waals surface area contributed by atoms with Crippen LogP contribution in [0.3, 0.4) is 0 Å². The van der Waals surface area contributed by atoms with E-state index in [-0.39, 0.29) is 18.4 Å². The molecule has 0 bridgehead atoms. The van der Waals surface area contributed by atoms with Gasteiger partial charge in [0.25, 0.3) is 0 Å². The minimum Gasteiger partial charge on any atom is -0.375 e. The molecule has 6 heteroatoms. The Balaban J connectivity index is 1.77. The fourth-order valence-corrected chi connectivity index (χ4v) is 3.11. The number of allylic oxidation sites excluding steroid dienone is 1. The van der Waals surface area contributed by atoms with Crippen molar-refractivity contribution in [2.75, 3.05) is 23.7 Å². The maximum Gasteiger partial charge on any atom is 0.239 e. The van der Waals surface area contributed by atoms with E-state index in [4.69, 9.17) is 11.6 Å². The largest absolute Gasteiger partial charge is 0.375 e. The molecule has 2 amide bonds. The molecule has 1 aliphatic carbocycles. The highest BCUT2D eigenvalue weighted by atomic mass is 35.5. The predicted octanol–water partition coefficient (Wildman–Crippen LogP) is 4.50. The summed E-state index contributed by atoms with van der Waals surface area (Å²) in [5, 5.41) is 9.30. The van der Waals surface area contributed by atoms with Crippen molar-refractivity contribution < 1.29 is 9.59 Å². The first kappa shape index (κ1) is 20.3. The Bertz CT molecular complexity index is 658. The second-order valence-corrected chi connectivity index (χ2v) is 6.96. The van der Waals surface area contributed by atoms with Crippen LogP contribution in [0.1, 0.15) is 51.9 Å². The highest BCUT2D eigenvalue weighted by Gasteiger charge is 2.08. The Labute approximate surface area is 160 Å². The van der Waals surface area contributed by atoms with E-state index in [2.05, 4.69) is 22.0 Å². The molecule has 0 unspecified atom stereocenters. The van der Waals surface area contributed by atoms with Gasteiger partial charge < -0.3 is 16.0 Å². The standard InChI is InChI=1S/C20H28ClN3O2/c1-2-6-19(25)24-16-9-10-17(21)18(13-16)23-14-20(26)22-12-11-15-7-4-3-5-8-15/h7,9-10,13,23H,2-6,8,11-12,14H2,1H3,(H,22,26)(H,24,25). The van der Waals surface area contributed by atoms with Crippen molar-refractivity contribution in [2.24, 2.45) is 0 Å². The van der Waals surface area contributed by atoms with Crippen LogP contribution in [0, 0.1) is 0 Å². The summed E-state index contributed by atoms with van der Waals surface area (Å²) < 4.78 is 0. The summed E-state index contributed by atoms with van der Waals surface area (Å²) in [7, 11) is 0. The van der Waals surface area contributed by atoms with Crippen LogP contribution in [-0.4, -0.2) is 24.9 Å². The lowest BCUT2D eigenvalue weighted by molar-refractivity contribution is -0.119. The first-order valence-electron chi connectivity index (χ1n) is 9.36. The Kier molecular flexibility index (Phi) is 8.48. The van der Waals surface area contributed by atoms with Gasteiger partial charge in [0.1, 0.15) is 0 Å². The van der Waals surface area contributed by atoms with Gasteiger partial charge in [-0.15, -0.1) is 0 Å². The van der Waals surface area contributed by atoms with E-state index in [0.29, 0.717) is 29.4 Å². The van der Waals surface area contributed by atoms with Gasteiger partial charge in [0.15, 0.2) is 0 Å². The maximum atomic E-state index is 12.0. The van der Waals surface area contributed by atoms with Crippen LogP contribution in [0.4, 0.5) is 11.4 Å². The number of anilines is 2. The van der Waals surface area contributed by atoms with Gasteiger partial charge in [0.2, 0.25) is 11.8 Å². The van der Waals surface area contributed by atoms with E-state index in [1.54, 1.807) is 18.2 Å². The summed E-state index contributed by atoms with van der Waals surface area (Å²) in [6, 6.07) is 5.20. The van der Waals surface area contributed by atoms with E-state index >= 15 is 0 Å². The Morgan fingerprint density at radius 2 is 2.04 bits per heavy atom. The van der Waals surface area contributed by atoms with Crippen molar-refractivity contribution in [1.82, 2.24) is 5.32 Å². The normalized spacial score (nSPS) is 13.7. The average Bonchev–Trinajstić information content (AvgIpc) is 2.63. The third-order valence-corrected chi connectivity index (χ3v) is 4.65. The molecule has 0 spiro atoms. The molecule has 1 aliphatic rings. The first-order chi connectivity index (χ1) is 12.6. The number of amides is 2. The molecule has 26 heavy (non-hydrogen) atoms. The van der Waals surface area contributed by atoms with Crippen LogP contribution in [0.25, 0.3) is 0 Å².